The van der Waals surface area contributed by atoms with Gasteiger partial charge in [-0.15, -0.1) is 0 Å². The van der Waals surface area contributed by atoms with Gasteiger partial charge >= 0.3 is 0 Å². The molecule has 0 bridgehead atoms. The van der Waals surface area contributed by atoms with E-state index in [4.69, 9.17) is 12.2 Å². The van der Waals surface area contributed by atoms with Crippen LogP contribution in [0.25, 0.3) is 0 Å². The maximum atomic E-state index is 9.21. The Morgan fingerprint density at radius 3 is 3.08 bits per heavy atom. The van der Waals surface area contributed by atoms with E-state index in [2.05, 4.69) is 10.2 Å². The van der Waals surface area contributed by atoms with Gasteiger partial charge in [-0.25, -0.2) is 0 Å². The van der Waals surface area contributed by atoms with Crippen LogP contribution in [0.15, 0.2) is 0 Å². The Hall–Kier alpha value is -0.350. The summed E-state index contributed by atoms with van der Waals surface area (Å²) < 4.78 is 0. The van der Waals surface area contributed by atoms with Crippen LogP contribution < -0.4 is 5.32 Å². The lowest BCUT2D eigenvalue weighted by Crippen LogP contribution is -2.40. The fraction of sp³-hybridized carbons (Fsp3) is 0.889. The molecule has 1 saturated heterocycles. The van der Waals surface area contributed by atoms with Crippen LogP contribution in [0.5, 0.6) is 0 Å². The summed E-state index contributed by atoms with van der Waals surface area (Å²) in [5.74, 6) is 0.689. The Bertz CT molecular complexity index is 230. The van der Waals surface area contributed by atoms with Crippen LogP contribution in [0.3, 0.4) is 0 Å². The van der Waals surface area contributed by atoms with Gasteiger partial charge in [0.2, 0.25) is 0 Å². The fourth-order valence-electron chi connectivity index (χ4n) is 2.26. The lowest BCUT2D eigenvalue weighted by atomic mass is 10.1. The zero-order valence-corrected chi connectivity index (χ0v) is 8.73. The Balaban J connectivity index is 1.89. The van der Waals surface area contributed by atoms with E-state index in [0.29, 0.717) is 12.5 Å². The smallest absolute Gasteiger partial charge is 0.168 e. The van der Waals surface area contributed by atoms with E-state index in [1.165, 1.54) is 6.42 Å². The molecule has 1 saturated carbocycles. The topological polar surface area (TPSA) is 35.5 Å². The molecule has 1 heterocycles. The molecule has 2 rings (SSSR count). The normalized spacial score (nSPS) is 35.8. The molecule has 0 aromatic rings. The number of nitrogens with zero attached hydrogens (tertiary/aromatic N) is 1. The SMILES string of the molecule is CCNC(=S)N1CC2CC2(CO)C1. The molecular formula is C9H16N2OS. The van der Waals surface area contributed by atoms with Crippen molar-refractivity contribution in [3.8, 4) is 0 Å². The number of likely N-dealkylation sites (tertiary alicyclic amines) is 1. The van der Waals surface area contributed by atoms with E-state index in [9.17, 15) is 5.11 Å². The van der Waals surface area contributed by atoms with Gasteiger partial charge in [-0.05, 0) is 31.5 Å². The highest BCUT2D eigenvalue weighted by molar-refractivity contribution is 7.80. The highest BCUT2D eigenvalue weighted by Gasteiger charge is 2.59. The van der Waals surface area contributed by atoms with Crippen LogP contribution in [0.2, 0.25) is 0 Å². The largest absolute Gasteiger partial charge is 0.396 e. The summed E-state index contributed by atoms with van der Waals surface area (Å²) in [6, 6.07) is 0. The third-order valence-corrected chi connectivity index (χ3v) is 3.64. The summed E-state index contributed by atoms with van der Waals surface area (Å²) in [6.07, 6.45) is 1.19. The van der Waals surface area contributed by atoms with Gasteiger partial charge in [0.05, 0.1) is 6.61 Å². The van der Waals surface area contributed by atoms with Gasteiger partial charge in [-0.3, -0.25) is 0 Å². The van der Waals surface area contributed by atoms with Crippen molar-refractivity contribution < 1.29 is 5.11 Å². The summed E-state index contributed by atoms with van der Waals surface area (Å²) in [4.78, 5) is 2.18. The molecule has 74 valence electrons. The molecule has 0 spiro atoms. The summed E-state index contributed by atoms with van der Waals surface area (Å²) in [5.41, 5.74) is 0.208. The standard InChI is InChI=1S/C9H16N2OS/c1-2-10-8(13)11-4-7-3-9(7,5-11)6-12/h7,12H,2-6H2,1H3,(H,10,13). The minimum Gasteiger partial charge on any atom is -0.396 e. The predicted octanol–water partition coefficient (Wildman–Crippen LogP) is 0.195. The van der Waals surface area contributed by atoms with E-state index in [1.54, 1.807) is 0 Å². The van der Waals surface area contributed by atoms with E-state index >= 15 is 0 Å². The Morgan fingerprint density at radius 1 is 1.77 bits per heavy atom. The van der Waals surface area contributed by atoms with E-state index in [0.717, 1.165) is 24.7 Å². The van der Waals surface area contributed by atoms with E-state index < -0.39 is 0 Å². The van der Waals surface area contributed by atoms with Crippen LogP contribution in [0, 0.1) is 11.3 Å². The molecular weight excluding hydrogens is 184 g/mol. The summed E-state index contributed by atoms with van der Waals surface area (Å²) >= 11 is 5.22. The summed E-state index contributed by atoms with van der Waals surface area (Å²) in [5, 5.41) is 13.2. The van der Waals surface area contributed by atoms with Crippen molar-refractivity contribution in [2.45, 2.75) is 13.3 Å². The molecule has 0 amide bonds. The summed E-state index contributed by atoms with van der Waals surface area (Å²) in [6.45, 7) is 5.23. The van der Waals surface area contributed by atoms with Crippen molar-refractivity contribution in [1.29, 1.82) is 0 Å². The number of thiocarbonyl (C=S) groups is 1. The van der Waals surface area contributed by atoms with Gasteiger partial charge in [-0.2, -0.15) is 0 Å². The second-order valence-electron chi connectivity index (χ2n) is 4.14. The lowest BCUT2D eigenvalue weighted by molar-refractivity contribution is 0.204. The molecule has 2 fully saturated rings. The van der Waals surface area contributed by atoms with Crippen molar-refractivity contribution >= 4 is 17.3 Å². The second kappa shape index (κ2) is 3.10. The molecule has 3 nitrogen and oxygen atoms in total. The molecule has 1 aliphatic carbocycles. The first-order chi connectivity index (χ1) is 6.22. The van der Waals surface area contributed by atoms with Crippen molar-refractivity contribution in [3.05, 3.63) is 0 Å². The Kier molecular flexibility index (Phi) is 2.20. The molecule has 0 aromatic heterocycles. The van der Waals surface area contributed by atoms with Crippen LogP contribution in [-0.2, 0) is 0 Å². The van der Waals surface area contributed by atoms with Crippen LogP contribution in [0.1, 0.15) is 13.3 Å². The zero-order valence-electron chi connectivity index (χ0n) is 7.92. The molecule has 4 heteroatoms. The quantitative estimate of drug-likeness (QED) is 0.624. The molecule has 0 aromatic carbocycles. The maximum Gasteiger partial charge on any atom is 0.168 e. The first-order valence-electron chi connectivity index (χ1n) is 4.85. The molecule has 2 atom stereocenters. The minimum atomic E-state index is 0.208. The fourth-order valence-corrected chi connectivity index (χ4v) is 2.54. The molecule has 2 unspecified atom stereocenters. The number of fused-ring (bicyclic) bond motifs is 1. The highest BCUT2D eigenvalue weighted by atomic mass is 32.1. The zero-order chi connectivity index (χ0) is 9.47. The predicted molar refractivity (Wildman–Crippen MR) is 55.5 cm³/mol. The number of hydrogen-bond donors (Lipinski definition) is 2. The van der Waals surface area contributed by atoms with Crippen LogP contribution >= 0.6 is 12.2 Å². The molecule has 2 N–H and O–H groups in total. The lowest BCUT2D eigenvalue weighted by Gasteiger charge is -2.23. The van der Waals surface area contributed by atoms with Gasteiger partial charge in [-0.1, -0.05) is 0 Å². The van der Waals surface area contributed by atoms with Crippen molar-refractivity contribution in [1.82, 2.24) is 10.2 Å². The van der Waals surface area contributed by atoms with Gasteiger partial charge in [0.1, 0.15) is 0 Å². The molecule has 1 aliphatic heterocycles. The number of aliphatic hydroxyl groups is 1. The van der Waals surface area contributed by atoms with Crippen LogP contribution in [-0.4, -0.2) is 41.4 Å². The third kappa shape index (κ3) is 1.42. The highest BCUT2D eigenvalue weighted by Crippen LogP contribution is 2.57. The number of aliphatic hydroxyl groups excluding tert-OH is 1. The first kappa shape index (κ1) is 9.21. The average molecular weight is 200 g/mol. The Labute approximate surface area is 84.1 Å². The van der Waals surface area contributed by atoms with Crippen molar-refractivity contribution in [2.24, 2.45) is 11.3 Å². The number of nitrogens with one attached hydrogen (secondary N) is 1. The van der Waals surface area contributed by atoms with E-state index in [1.807, 2.05) is 6.92 Å². The van der Waals surface area contributed by atoms with Crippen molar-refractivity contribution in [3.63, 3.8) is 0 Å². The molecule has 0 radical (unpaired) electrons. The number of hydrogen-bond acceptors (Lipinski definition) is 2. The van der Waals surface area contributed by atoms with Gasteiger partial charge in [0.15, 0.2) is 5.11 Å². The molecule has 2 aliphatic rings. The van der Waals surface area contributed by atoms with Gasteiger partial charge < -0.3 is 15.3 Å². The monoisotopic (exact) mass is 200 g/mol. The third-order valence-electron chi connectivity index (χ3n) is 3.24. The average Bonchev–Trinajstić information content (AvgIpc) is 2.70. The molecule has 13 heavy (non-hydrogen) atoms. The van der Waals surface area contributed by atoms with Crippen molar-refractivity contribution in [2.75, 3.05) is 26.2 Å². The number of rotatable bonds is 2. The Morgan fingerprint density at radius 2 is 2.54 bits per heavy atom. The first-order valence-corrected chi connectivity index (χ1v) is 5.26. The minimum absolute atomic E-state index is 0.208. The van der Waals surface area contributed by atoms with E-state index in [-0.39, 0.29) is 5.41 Å². The number of piperidine rings is 1. The van der Waals surface area contributed by atoms with Crippen LogP contribution in [0.4, 0.5) is 0 Å². The maximum absolute atomic E-state index is 9.21. The second-order valence-corrected chi connectivity index (χ2v) is 4.52. The van der Waals surface area contributed by atoms with Gasteiger partial charge in [0, 0.05) is 25.0 Å². The van der Waals surface area contributed by atoms with Gasteiger partial charge in [0.25, 0.3) is 0 Å². The summed E-state index contributed by atoms with van der Waals surface area (Å²) in [7, 11) is 0.